The Balaban J connectivity index is 0.00000243. The molecule has 2 aromatic carbocycles. The van der Waals surface area contributed by atoms with Gasteiger partial charge in [0, 0.05) is 11.8 Å². The topological polar surface area (TPSA) is 68.9 Å². The van der Waals surface area contributed by atoms with Crippen LogP contribution < -0.4 is 20.5 Å². The number of aryl methyl sites for hydroxylation is 2. The Kier molecular flexibility index (Phi) is 7.56. The maximum absolute atomic E-state index is 6.00. The highest BCUT2D eigenvalue weighted by Crippen LogP contribution is 2.24. The summed E-state index contributed by atoms with van der Waals surface area (Å²) in [5.41, 5.74) is 9.85. The molecule has 0 aliphatic heterocycles. The van der Waals surface area contributed by atoms with Crippen molar-refractivity contribution in [1.29, 1.82) is 0 Å². The number of guanidine groups is 1. The number of anilines is 1. The molecule has 3 rings (SSSR count). The van der Waals surface area contributed by atoms with E-state index in [1.54, 1.807) is 7.11 Å². The number of nitrogens with one attached hydrogen (secondary N) is 1. The van der Waals surface area contributed by atoms with E-state index in [4.69, 9.17) is 15.2 Å². The van der Waals surface area contributed by atoms with Gasteiger partial charge in [0.05, 0.1) is 13.7 Å². The smallest absolute Gasteiger partial charge is 0.193 e. The van der Waals surface area contributed by atoms with Crippen LogP contribution in [0.4, 0.5) is 5.69 Å². The van der Waals surface area contributed by atoms with Crippen molar-refractivity contribution in [2.24, 2.45) is 10.7 Å². The number of hydrogen-bond acceptors (Lipinski definition) is 3. The number of nitrogens with zero attached hydrogens (tertiary/aromatic N) is 1. The lowest BCUT2D eigenvalue weighted by Gasteiger charge is -2.14. The van der Waals surface area contributed by atoms with Crippen LogP contribution in [0.3, 0.4) is 0 Å². The summed E-state index contributed by atoms with van der Waals surface area (Å²) in [6.45, 7) is 2.44. The van der Waals surface area contributed by atoms with E-state index in [1.807, 2.05) is 31.2 Å². The number of nitrogens with two attached hydrogens (primary N) is 1. The van der Waals surface area contributed by atoms with Crippen molar-refractivity contribution in [2.75, 3.05) is 19.0 Å². The van der Waals surface area contributed by atoms with Gasteiger partial charge in [0.1, 0.15) is 17.6 Å². The largest absolute Gasteiger partial charge is 0.497 e. The zero-order valence-electron chi connectivity index (χ0n) is 15.2. The molecule has 0 aromatic heterocycles. The summed E-state index contributed by atoms with van der Waals surface area (Å²) in [5, 5.41) is 3.16. The van der Waals surface area contributed by atoms with Crippen LogP contribution in [0.15, 0.2) is 47.5 Å². The molecule has 26 heavy (non-hydrogen) atoms. The quantitative estimate of drug-likeness (QED) is 0.383. The van der Waals surface area contributed by atoms with Crippen LogP contribution in [0.2, 0.25) is 0 Å². The number of rotatable bonds is 6. The average molecular weight is 467 g/mol. The zero-order valence-corrected chi connectivity index (χ0v) is 17.5. The van der Waals surface area contributed by atoms with E-state index in [0.29, 0.717) is 12.5 Å². The minimum atomic E-state index is -0.0903. The third kappa shape index (κ3) is 5.52. The Labute approximate surface area is 172 Å². The molecule has 2 aromatic rings. The molecule has 140 valence electrons. The van der Waals surface area contributed by atoms with Gasteiger partial charge in [0.15, 0.2) is 5.96 Å². The summed E-state index contributed by atoms with van der Waals surface area (Å²) in [6, 6.07) is 13.9. The third-order valence-electron chi connectivity index (χ3n) is 4.27. The second-order valence-electron chi connectivity index (χ2n) is 6.30. The van der Waals surface area contributed by atoms with Crippen molar-refractivity contribution in [3.05, 3.63) is 53.6 Å². The predicted octanol–water partition coefficient (Wildman–Crippen LogP) is 4.00. The van der Waals surface area contributed by atoms with Gasteiger partial charge in [-0.15, -0.1) is 24.0 Å². The minimum Gasteiger partial charge on any atom is -0.497 e. The fourth-order valence-corrected chi connectivity index (χ4v) is 3.01. The minimum absolute atomic E-state index is 0. The second-order valence-corrected chi connectivity index (χ2v) is 6.30. The molecule has 0 bridgehead atoms. The van der Waals surface area contributed by atoms with E-state index in [1.165, 1.54) is 24.0 Å². The second kappa shape index (κ2) is 9.66. The number of benzene rings is 2. The van der Waals surface area contributed by atoms with Gasteiger partial charge in [-0.3, -0.25) is 0 Å². The molecule has 1 atom stereocenters. The van der Waals surface area contributed by atoms with Gasteiger partial charge in [0.2, 0.25) is 0 Å². The van der Waals surface area contributed by atoms with Gasteiger partial charge >= 0.3 is 0 Å². The summed E-state index contributed by atoms with van der Waals surface area (Å²) in [6.07, 6.45) is 3.47. The lowest BCUT2D eigenvalue weighted by molar-refractivity contribution is 0.229. The molecular weight excluding hydrogens is 441 g/mol. The van der Waals surface area contributed by atoms with E-state index in [9.17, 15) is 0 Å². The molecule has 1 aliphatic rings. The Morgan fingerprint density at radius 1 is 1.15 bits per heavy atom. The van der Waals surface area contributed by atoms with Crippen LogP contribution in [0.5, 0.6) is 11.5 Å². The fourth-order valence-electron chi connectivity index (χ4n) is 3.01. The molecule has 0 saturated carbocycles. The Hall–Kier alpha value is -1.96. The number of methoxy groups -OCH3 is 1. The van der Waals surface area contributed by atoms with E-state index in [0.717, 1.165) is 23.6 Å². The van der Waals surface area contributed by atoms with Gasteiger partial charge in [-0.05, 0) is 61.6 Å². The summed E-state index contributed by atoms with van der Waals surface area (Å²) >= 11 is 0. The first kappa shape index (κ1) is 20.4. The molecule has 1 unspecified atom stereocenters. The molecule has 0 saturated heterocycles. The first-order valence-electron chi connectivity index (χ1n) is 8.63. The number of ether oxygens (including phenoxy) is 2. The van der Waals surface area contributed by atoms with E-state index in [2.05, 4.69) is 28.5 Å². The van der Waals surface area contributed by atoms with Crippen molar-refractivity contribution in [3.63, 3.8) is 0 Å². The molecule has 5 nitrogen and oxygen atoms in total. The molecule has 3 N–H and O–H groups in total. The third-order valence-corrected chi connectivity index (χ3v) is 4.27. The van der Waals surface area contributed by atoms with Gasteiger partial charge in [-0.2, -0.15) is 0 Å². The molecule has 1 aliphatic carbocycles. The standard InChI is InChI=1S/C20H25N3O2.HI/c1-14(25-19-8-4-7-18(12-19)24-2)13-22-20(21)23-17-10-9-15-5-3-6-16(15)11-17;/h4,7-12,14H,3,5-6,13H2,1-2H3,(H3,21,22,23);1H. The predicted molar refractivity (Wildman–Crippen MR) is 117 cm³/mol. The molecule has 0 amide bonds. The van der Waals surface area contributed by atoms with Gasteiger partial charge in [0.25, 0.3) is 0 Å². The first-order chi connectivity index (χ1) is 12.1. The van der Waals surface area contributed by atoms with Crippen LogP contribution in [0.25, 0.3) is 0 Å². The Bertz CT molecular complexity index is 764. The highest BCUT2D eigenvalue weighted by atomic mass is 127. The van der Waals surface area contributed by atoms with Gasteiger partial charge in [-0.25, -0.2) is 4.99 Å². The van der Waals surface area contributed by atoms with Crippen molar-refractivity contribution in [3.8, 4) is 11.5 Å². The number of hydrogen-bond donors (Lipinski definition) is 2. The highest BCUT2D eigenvalue weighted by molar-refractivity contribution is 14.0. The number of aliphatic imine (C=N–C) groups is 1. The first-order valence-corrected chi connectivity index (χ1v) is 8.63. The fraction of sp³-hybridized carbons (Fsp3) is 0.350. The molecular formula is C20H26IN3O2. The lowest BCUT2D eigenvalue weighted by atomic mass is 10.1. The van der Waals surface area contributed by atoms with E-state index in [-0.39, 0.29) is 30.1 Å². The van der Waals surface area contributed by atoms with Crippen LogP contribution >= 0.6 is 24.0 Å². The normalized spacial score (nSPS) is 14.2. The number of fused-ring (bicyclic) bond motifs is 1. The van der Waals surface area contributed by atoms with Gasteiger partial charge < -0.3 is 20.5 Å². The molecule has 0 fully saturated rings. The summed E-state index contributed by atoms with van der Waals surface area (Å²) < 4.78 is 11.0. The average Bonchev–Trinajstić information content (AvgIpc) is 3.08. The van der Waals surface area contributed by atoms with Crippen molar-refractivity contribution in [1.82, 2.24) is 0 Å². The monoisotopic (exact) mass is 467 g/mol. The van der Waals surface area contributed by atoms with Crippen molar-refractivity contribution >= 4 is 35.6 Å². The summed E-state index contributed by atoms with van der Waals surface area (Å²) in [5.74, 6) is 1.93. The van der Waals surface area contributed by atoms with E-state index < -0.39 is 0 Å². The van der Waals surface area contributed by atoms with Crippen LogP contribution in [0, 0.1) is 0 Å². The molecule has 0 spiro atoms. The van der Waals surface area contributed by atoms with Crippen molar-refractivity contribution < 1.29 is 9.47 Å². The maximum Gasteiger partial charge on any atom is 0.193 e. The Morgan fingerprint density at radius 3 is 2.73 bits per heavy atom. The van der Waals surface area contributed by atoms with Crippen LogP contribution in [0.1, 0.15) is 24.5 Å². The van der Waals surface area contributed by atoms with E-state index >= 15 is 0 Å². The number of halogens is 1. The van der Waals surface area contributed by atoms with Gasteiger partial charge in [-0.1, -0.05) is 12.1 Å². The SMILES string of the molecule is COc1cccc(OC(C)CN=C(N)Nc2ccc3c(c2)CCC3)c1.I. The molecule has 0 heterocycles. The molecule has 6 heteroatoms. The summed E-state index contributed by atoms with van der Waals surface area (Å²) in [7, 11) is 1.64. The van der Waals surface area contributed by atoms with Crippen LogP contribution in [-0.2, 0) is 12.8 Å². The summed E-state index contributed by atoms with van der Waals surface area (Å²) in [4.78, 5) is 4.38. The van der Waals surface area contributed by atoms with Crippen molar-refractivity contribution in [2.45, 2.75) is 32.3 Å². The highest BCUT2D eigenvalue weighted by Gasteiger charge is 2.11. The lowest BCUT2D eigenvalue weighted by Crippen LogP contribution is -2.25. The molecule has 0 radical (unpaired) electrons. The maximum atomic E-state index is 6.00. The van der Waals surface area contributed by atoms with Crippen LogP contribution in [-0.4, -0.2) is 25.7 Å². The Morgan fingerprint density at radius 2 is 1.92 bits per heavy atom. The zero-order chi connectivity index (χ0) is 17.6.